The smallest absolute Gasteiger partial charge is 0.274 e. The van der Waals surface area contributed by atoms with E-state index in [4.69, 9.17) is 9.47 Å². The number of aromatic nitrogens is 1. The van der Waals surface area contributed by atoms with Crippen LogP contribution in [0.4, 0.5) is 4.39 Å². The molecule has 2 aliphatic heterocycles. The lowest BCUT2D eigenvalue weighted by Crippen LogP contribution is -2.42. The number of amides is 1. The van der Waals surface area contributed by atoms with E-state index in [1.165, 1.54) is 39.9 Å². The average Bonchev–Trinajstić information content (AvgIpc) is 3.26. The molecule has 180 valence electrons. The molecule has 1 aromatic heterocycles. The number of thiazole rings is 1. The van der Waals surface area contributed by atoms with Gasteiger partial charge in [-0.3, -0.25) is 4.79 Å². The van der Waals surface area contributed by atoms with Crippen LogP contribution in [-0.4, -0.2) is 74.0 Å². The summed E-state index contributed by atoms with van der Waals surface area (Å²) >= 11 is 1.31. The van der Waals surface area contributed by atoms with Crippen molar-refractivity contribution < 1.29 is 27.1 Å². The van der Waals surface area contributed by atoms with Gasteiger partial charge in [0, 0.05) is 44.6 Å². The molecule has 0 N–H and O–H groups in total. The fraction of sp³-hybridized carbons (Fsp3) is 0.391. The van der Waals surface area contributed by atoms with Gasteiger partial charge in [0.05, 0.1) is 28.3 Å². The molecule has 0 aliphatic carbocycles. The molecule has 1 amide bonds. The van der Waals surface area contributed by atoms with E-state index in [1.54, 1.807) is 23.1 Å². The van der Waals surface area contributed by atoms with Crippen molar-refractivity contribution in [3.8, 4) is 5.19 Å². The summed E-state index contributed by atoms with van der Waals surface area (Å²) in [4.78, 5) is 19.3. The van der Waals surface area contributed by atoms with Crippen LogP contribution in [0.1, 0.15) is 23.2 Å². The Morgan fingerprint density at radius 2 is 1.76 bits per heavy atom. The Morgan fingerprint density at radius 1 is 1.06 bits per heavy atom. The zero-order chi connectivity index (χ0) is 23.7. The number of piperidine rings is 1. The summed E-state index contributed by atoms with van der Waals surface area (Å²) in [5.41, 5.74) is 1.15. The van der Waals surface area contributed by atoms with Crippen molar-refractivity contribution >= 4 is 37.5 Å². The third-order valence-corrected chi connectivity index (χ3v) is 8.86. The number of likely N-dealkylation sites (tertiary alicyclic amines) is 1. The molecule has 2 saturated heterocycles. The van der Waals surface area contributed by atoms with Crippen molar-refractivity contribution in [1.82, 2.24) is 14.2 Å². The maximum absolute atomic E-state index is 13.4. The lowest BCUT2D eigenvalue weighted by atomic mass is 10.1. The van der Waals surface area contributed by atoms with Crippen molar-refractivity contribution in [1.29, 1.82) is 0 Å². The number of carbonyl (C=O) groups excluding carboxylic acids is 1. The fourth-order valence-corrected chi connectivity index (χ4v) is 6.45. The van der Waals surface area contributed by atoms with Crippen molar-refractivity contribution in [3.63, 3.8) is 0 Å². The Hall–Kier alpha value is -2.60. The number of morpholine rings is 1. The lowest BCUT2D eigenvalue weighted by Gasteiger charge is -2.31. The number of nitrogens with zero attached hydrogens (tertiary/aromatic N) is 3. The highest BCUT2D eigenvalue weighted by Gasteiger charge is 2.28. The SMILES string of the molecule is O=C(c1ccc(S(=O)(=O)N2CCOCC2)cc1)N1CCC(Oc2nc3ccc(F)cc3s2)CC1. The Labute approximate surface area is 201 Å². The summed E-state index contributed by atoms with van der Waals surface area (Å²) in [5.74, 6) is -0.439. The highest BCUT2D eigenvalue weighted by molar-refractivity contribution is 7.89. The summed E-state index contributed by atoms with van der Waals surface area (Å²) in [7, 11) is -3.59. The van der Waals surface area contributed by atoms with Crippen molar-refractivity contribution in [2.75, 3.05) is 39.4 Å². The largest absolute Gasteiger partial charge is 0.467 e. The standard InChI is InChI=1S/C23H24FN3O5S2/c24-17-3-6-20-21(15-17)33-23(25-20)32-18-7-9-26(10-8-18)22(28)16-1-4-19(5-2-16)34(29,30)27-11-13-31-14-12-27/h1-6,15,18H,7-14H2. The normalized spacial score (nSPS) is 18.3. The minimum Gasteiger partial charge on any atom is -0.467 e. The minimum atomic E-state index is -3.59. The highest BCUT2D eigenvalue weighted by atomic mass is 32.2. The summed E-state index contributed by atoms with van der Waals surface area (Å²) in [6.45, 7) is 2.47. The molecule has 8 nitrogen and oxygen atoms in total. The Bertz CT molecular complexity index is 1280. The van der Waals surface area contributed by atoms with Crippen LogP contribution in [0.3, 0.4) is 0 Å². The summed E-state index contributed by atoms with van der Waals surface area (Å²) in [5, 5.41) is 0.502. The molecular weight excluding hydrogens is 481 g/mol. The van der Waals surface area contributed by atoms with Gasteiger partial charge in [-0.25, -0.2) is 17.8 Å². The molecule has 0 spiro atoms. The van der Waals surface area contributed by atoms with E-state index in [-0.39, 0.29) is 22.7 Å². The van der Waals surface area contributed by atoms with Gasteiger partial charge in [-0.2, -0.15) is 4.31 Å². The second kappa shape index (κ2) is 9.57. The van der Waals surface area contributed by atoms with Crippen molar-refractivity contribution in [2.45, 2.75) is 23.8 Å². The van der Waals surface area contributed by atoms with Crippen LogP contribution in [0, 0.1) is 5.82 Å². The quantitative estimate of drug-likeness (QED) is 0.529. The third kappa shape index (κ3) is 4.78. The van der Waals surface area contributed by atoms with Crippen molar-refractivity contribution in [3.05, 3.63) is 53.8 Å². The minimum absolute atomic E-state index is 0.0736. The van der Waals surface area contributed by atoms with Crippen LogP contribution in [0.15, 0.2) is 47.4 Å². The number of fused-ring (bicyclic) bond motifs is 1. The van der Waals surface area contributed by atoms with Crippen LogP contribution < -0.4 is 4.74 Å². The molecule has 0 bridgehead atoms. The van der Waals surface area contributed by atoms with E-state index in [2.05, 4.69) is 4.98 Å². The number of sulfonamides is 1. The molecule has 3 aromatic rings. The van der Waals surface area contributed by atoms with Gasteiger partial charge in [0.1, 0.15) is 11.9 Å². The second-order valence-electron chi connectivity index (χ2n) is 8.24. The van der Waals surface area contributed by atoms with Gasteiger partial charge in [-0.15, -0.1) is 0 Å². The number of hydrogen-bond donors (Lipinski definition) is 0. The first-order valence-electron chi connectivity index (χ1n) is 11.1. The molecule has 2 aliphatic rings. The molecule has 0 saturated carbocycles. The summed E-state index contributed by atoms with van der Waals surface area (Å²) < 4.78 is 52.3. The molecule has 0 unspecified atom stereocenters. The van der Waals surface area contributed by atoms with Crippen LogP contribution in [-0.2, 0) is 14.8 Å². The second-order valence-corrected chi connectivity index (χ2v) is 11.2. The van der Waals surface area contributed by atoms with Gasteiger partial charge in [0.15, 0.2) is 0 Å². The average molecular weight is 506 g/mol. The number of ether oxygens (including phenoxy) is 2. The summed E-state index contributed by atoms with van der Waals surface area (Å²) in [6.07, 6.45) is 1.23. The number of hydrogen-bond acceptors (Lipinski definition) is 7. The summed E-state index contributed by atoms with van der Waals surface area (Å²) in [6, 6.07) is 10.6. The van der Waals surface area contributed by atoms with Gasteiger partial charge in [0.25, 0.3) is 11.1 Å². The van der Waals surface area contributed by atoms with Gasteiger partial charge < -0.3 is 14.4 Å². The van der Waals surface area contributed by atoms with Gasteiger partial charge >= 0.3 is 0 Å². The lowest BCUT2D eigenvalue weighted by molar-refractivity contribution is 0.0595. The maximum Gasteiger partial charge on any atom is 0.274 e. The predicted molar refractivity (Wildman–Crippen MR) is 125 cm³/mol. The monoisotopic (exact) mass is 505 g/mol. The number of benzene rings is 2. The Balaban J connectivity index is 1.18. The Morgan fingerprint density at radius 3 is 2.47 bits per heavy atom. The number of halogens is 1. The molecule has 34 heavy (non-hydrogen) atoms. The zero-order valence-electron chi connectivity index (χ0n) is 18.4. The van der Waals surface area contributed by atoms with E-state index in [9.17, 15) is 17.6 Å². The molecule has 3 heterocycles. The van der Waals surface area contributed by atoms with Gasteiger partial charge in [-0.1, -0.05) is 11.3 Å². The van der Waals surface area contributed by atoms with E-state index < -0.39 is 10.0 Å². The highest BCUT2D eigenvalue weighted by Crippen LogP contribution is 2.30. The first-order valence-corrected chi connectivity index (χ1v) is 13.4. The first kappa shape index (κ1) is 23.2. The molecule has 0 atom stereocenters. The predicted octanol–water partition coefficient (Wildman–Crippen LogP) is 3.14. The molecule has 2 fully saturated rings. The molecule has 0 radical (unpaired) electrons. The maximum atomic E-state index is 13.4. The zero-order valence-corrected chi connectivity index (χ0v) is 20.0. The van der Waals surface area contributed by atoms with E-state index in [1.807, 2.05) is 0 Å². The van der Waals surface area contributed by atoms with Gasteiger partial charge in [-0.05, 0) is 42.5 Å². The molecular formula is C23H24FN3O5S2. The van der Waals surface area contributed by atoms with Crippen LogP contribution in [0.25, 0.3) is 10.2 Å². The fourth-order valence-electron chi connectivity index (χ4n) is 4.14. The van der Waals surface area contributed by atoms with E-state index in [0.717, 1.165) is 4.70 Å². The van der Waals surface area contributed by atoms with E-state index >= 15 is 0 Å². The van der Waals surface area contributed by atoms with Gasteiger partial charge in [0.2, 0.25) is 10.0 Å². The van der Waals surface area contributed by atoms with E-state index in [0.29, 0.717) is 68.5 Å². The number of rotatable bonds is 5. The first-order chi connectivity index (χ1) is 16.4. The van der Waals surface area contributed by atoms with Crippen LogP contribution >= 0.6 is 11.3 Å². The number of carbonyl (C=O) groups is 1. The molecule has 5 rings (SSSR count). The topological polar surface area (TPSA) is 89.0 Å². The van der Waals surface area contributed by atoms with Crippen molar-refractivity contribution in [2.24, 2.45) is 0 Å². The Kier molecular flexibility index (Phi) is 6.52. The van der Waals surface area contributed by atoms with Crippen LogP contribution in [0.2, 0.25) is 0 Å². The van der Waals surface area contributed by atoms with Crippen LogP contribution in [0.5, 0.6) is 5.19 Å². The molecule has 2 aromatic carbocycles. The molecule has 11 heteroatoms. The third-order valence-electron chi connectivity index (χ3n) is 6.04.